The van der Waals surface area contributed by atoms with Crippen molar-refractivity contribution in [1.82, 2.24) is 10.2 Å². The van der Waals surface area contributed by atoms with Crippen LogP contribution in [0, 0.1) is 25.2 Å². The summed E-state index contributed by atoms with van der Waals surface area (Å²) in [7, 11) is 0. The van der Waals surface area contributed by atoms with Crippen molar-refractivity contribution in [2.24, 2.45) is 0 Å². The van der Waals surface area contributed by atoms with Crippen LogP contribution in [0.3, 0.4) is 0 Å². The average Bonchev–Trinajstić information content (AvgIpc) is 2.37. The highest BCUT2D eigenvalue weighted by Crippen LogP contribution is 2.21. The number of nitrogen functional groups attached to an aromatic ring is 1. The van der Waals surface area contributed by atoms with E-state index in [9.17, 15) is 0 Å². The van der Waals surface area contributed by atoms with Crippen molar-refractivity contribution in [2.75, 3.05) is 11.1 Å². The zero-order chi connectivity index (χ0) is 13.1. The molecule has 2 rings (SSSR count). The molecule has 0 amide bonds. The molecule has 1 aromatic carbocycles. The Morgan fingerprint density at radius 2 is 1.83 bits per heavy atom. The molecular weight excluding hydrogens is 226 g/mol. The number of hydrogen-bond acceptors (Lipinski definition) is 5. The number of rotatable bonds is 2. The van der Waals surface area contributed by atoms with Crippen molar-refractivity contribution in [2.45, 2.75) is 13.8 Å². The van der Waals surface area contributed by atoms with Crippen molar-refractivity contribution in [3.05, 3.63) is 41.1 Å². The molecular formula is C13H13N5. The lowest BCUT2D eigenvalue weighted by atomic mass is 10.1. The van der Waals surface area contributed by atoms with E-state index in [0.29, 0.717) is 17.1 Å². The highest BCUT2D eigenvalue weighted by Gasteiger charge is 2.10. The van der Waals surface area contributed by atoms with Gasteiger partial charge in [-0.2, -0.15) is 10.4 Å². The highest BCUT2D eigenvalue weighted by molar-refractivity contribution is 5.65. The summed E-state index contributed by atoms with van der Waals surface area (Å²) >= 11 is 0. The molecule has 3 N–H and O–H groups in total. The molecule has 0 saturated heterocycles. The molecule has 0 radical (unpaired) electrons. The summed E-state index contributed by atoms with van der Waals surface area (Å²) in [5, 5.41) is 20.3. The van der Waals surface area contributed by atoms with Crippen LogP contribution in [0.2, 0.25) is 0 Å². The third kappa shape index (κ3) is 2.23. The van der Waals surface area contributed by atoms with Gasteiger partial charge < -0.3 is 11.1 Å². The number of nitrogens with zero attached hydrogens (tertiary/aromatic N) is 3. The van der Waals surface area contributed by atoms with Gasteiger partial charge in [0.2, 0.25) is 0 Å². The van der Waals surface area contributed by atoms with Gasteiger partial charge in [0.05, 0.1) is 5.69 Å². The Morgan fingerprint density at radius 1 is 1.17 bits per heavy atom. The van der Waals surface area contributed by atoms with Crippen LogP contribution in [0.15, 0.2) is 24.3 Å². The Balaban J connectivity index is 2.38. The monoisotopic (exact) mass is 239 g/mol. The van der Waals surface area contributed by atoms with Gasteiger partial charge in [-0.15, -0.1) is 5.10 Å². The first kappa shape index (κ1) is 11.9. The summed E-state index contributed by atoms with van der Waals surface area (Å²) in [6.07, 6.45) is 0. The van der Waals surface area contributed by atoms with E-state index in [-0.39, 0.29) is 0 Å². The van der Waals surface area contributed by atoms with Crippen LogP contribution in [0.5, 0.6) is 0 Å². The molecule has 0 aliphatic rings. The smallest absolute Gasteiger partial charge is 0.171 e. The maximum absolute atomic E-state index is 9.17. The molecule has 5 heteroatoms. The van der Waals surface area contributed by atoms with E-state index < -0.39 is 0 Å². The molecule has 0 atom stereocenters. The molecule has 2 aromatic rings. The van der Waals surface area contributed by atoms with E-state index in [2.05, 4.69) is 21.6 Å². The molecule has 0 saturated carbocycles. The van der Waals surface area contributed by atoms with Gasteiger partial charge in [0.25, 0.3) is 0 Å². The second-order valence-corrected chi connectivity index (χ2v) is 3.99. The predicted molar refractivity (Wildman–Crippen MR) is 70.4 cm³/mol. The molecule has 90 valence electrons. The minimum atomic E-state index is 0.463. The number of benzene rings is 1. The topological polar surface area (TPSA) is 87.6 Å². The van der Waals surface area contributed by atoms with Crippen LogP contribution >= 0.6 is 0 Å². The Labute approximate surface area is 105 Å². The van der Waals surface area contributed by atoms with E-state index in [1.165, 1.54) is 0 Å². The lowest BCUT2D eigenvalue weighted by Crippen LogP contribution is -2.03. The van der Waals surface area contributed by atoms with Crippen LogP contribution in [0.4, 0.5) is 17.2 Å². The molecule has 5 nitrogen and oxygen atoms in total. The number of aromatic nitrogens is 2. The molecule has 0 aliphatic heterocycles. The summed E-state index contributed by atoms with van der Waals surface area (Å²) in [6, 6.07) is 9.36. The number of nitriles is 1. The third-order valence-corrected chi connectivity index (χ3v) is 2.74. The first-order chi connectivity index (χ1) is 8.61. The zero-order valence-corrected chi connectivity index (χ0v) is 10.2. The number of anilines is 3. The van der Waals surface area contributed by atoms with Gasteiger partial charge in [-0.1, -0.05) is 0 Å². The molecule has 0 aliphatic carbocycles. The number of aryl methyl sites for hydroxylation is 1. The van der Waals surface area contributed by atoms with Crippen molar-refractivity contribution in [1.29, 1.82) is 5.26 Å². The average molecular weight is 239 g/mol. The van der Waals surface area contributed by atoms with Gasteiger partial charge in [0.15, 0.2) is 5.82 Å². The largest absolute Gasteiger partial charge is 0.399 e. The quantitative estimate of drug-likeness (QED) is 0.785. The van der Waals surface area contributed by atoms with Crippen LogP contribution in [0.25, 0.3) is 0 Å². The fourth-order valence-electron chi connectivity index (χ4n) is 1.54. The third-order valence-electron chi connectivity index (χ3n) is 2.74. The van der Waals surface area contributed by atoms with E-state index in [1.54, 1.807) is 12.1 Å². The van der Waals surface area contributed by atoms with Crippen molar-refractivity contribution >= 4 is 17.2 Å². The number of hydrogen-bond donors (Lipinski definition) is 2. The van der Waals surface area contributed by atoms with Crippen LogP contribution in [-0.2, 0) is 0 Å². The summed E-state index contributed by atoms with van der Waals surface area (Å²) in [4.78, 5) is 0. The molecule has 0 spiro atoms. The summed E-state index contributed by atoms with van der Waals surface area (Å²) in [5.41, 5.74) is 9.23. The van der Waals surface area contributed by atoms with Crippen molar-refractivity contribution < 1.29 is 0 Å². The normalized spacial score (nSPS) is 9.83. The maximum Gasteiger partial charge on any atom is 0.171 e. The van der Waals surface area contributed by atoms with Crippen molar-refractivity contribution in [3.63, 3.8) is 0 Å². The van der Waals surface area contributed by atoms with Gasteiger partial charge in [0, 0.05) is 11.4 Å². The minimum absolute atomic E-state index is 0.463. The lowest BCUT2D eigenvalue weighted by Gasteiger charge is -2.09. The fourth-order valence-corrected chi connectivity index (χ4v) is 1.54. The van der Waals surface area contributed by atoms with Crippen LogP contribution < -0.4 is 11.1 Å². The highest BCUT2D eigenvalue weighted by atomic mass is 15.2. The van der Waals surface area contributed by atoms with Gasteiger partial charge >= 0.3 is 0 Å². The predicted octanol–water partition coefficient (Wildman–Crippen LogP) is 2.29. The second-order valence-electron chi connectivity index (χ2n) is 3.99. The van der Waals surface area contributed by atoms with E-state index in [1.807, 2.05) is 26.0 Å². The molecule has 0 fully saturated rings. The SMILES string of the molecule is Cc1nnc(Nc2ccc(N)cc2)c(C#N)c1C. The number of nitrogens with one attached hydrogen (secondary N) is 1. The molecule has 18 heavy (non-hydrogen) atoms. The second kappa shape index (κ2) is 4.72. The zero-order valence-electron chi connectivity index (χ0n) is 10.2. The standard InChI is InChI=1S/C13H13N5/c1-8-9(2)17-18-13(12(8)7-14)16-11-5-3-10(15)4-6-11/h3-6H,15H2,1-2H3,(H,16,18). The molecule has 1 aromatic heterocycles. The van der Waals surface area contributed by atoms with E-state index in [4.69, 9.17) is 11.0 Å². The summed E-state index contributed by atoms with van der Waals surface area (Å²) in [6.45, 7) is 3.69. The number of nitrogens with two attached hydrogens (primary N) is 1. The van der Waals surface area contributed by atoms with Gasteiger partial charge in [-0.25, -0.2) is 0 Å². The maximum atomic E-state index is 9.17. The van der Waals surface area contributed by atoms with Gasteiger partial charge in [0.1, 0.15) is 11.6 Å². The fraction of sp³-hybridized carbons (Fsp3) is 0.154. The Morgan fingerprint density at radius 3 is 2.44 bits per heavy atom. The summed E-state index contributed by atoms with van der Waals surface area (Å²) < 4.78 is 0. The van der Waals surface area contributed by atoms with Crippen LogP contribution in [0.1, 0.15) is 16.8 Å². The lowest BCUT2D eigenvalue weighted by molar-refractivity contribution is 0.960. The molecule has 0 unspecified atom stereocenters. The van der Waals surface area contributed by atoms with E-state index in [0.717, 1.165) is 16.9 Å². The Hall–Kier alpha value is -2.61. The van der Waals surface area contributed by atoms with Gasteiger partial charge in [-0.3, -0.25) is 0 Å². The summed E-state index contributed by atoms with van der Waals surface area (Å²) in [5.74, 6) is 0.463. The first-order valence-electron chi connectivity index (χ1n) is 5.48. The Bertz CT molecular complexity index is 611. The molecule has 1 heterocycles. The first-order valence-corrected chi connectivity index (χ1v) is 5.48. The van der Waals surface area contributed by atoms with E-state index >= 15 is 0 Å². The van der Waals surface area contributed by atoms with Gasteiger partial charge in [-0.05, 0) is 43.7 Å². The van der Waals surface area contributed by atoms with Crippen LogP contribution in [-0.4, -0.2) is 10.2 Å². The molecule has 0 bridgehead atoms. The Kier molecular flexibility index (Phi) is 3.11. The van der Waals surface area contributed by atoms with Crippen molar-refractivity contribution in [3.8, 4) is 6.07 Å². The minimum Gasteiger partial charge on any atom is -0.399 e.